The molecule has 0 spiro atoms. The summed E-state index contributed by atoms with van der Waals surface area (Å²) in [5, 5.41) is 14.2. The number of hydrogen-bond donors (Lipinski definition) is 3. The zero-order valence-corrected chi connectivity index (χ0v) is 12.3. The topological polar surface area (TPSA) is 87.7 Å². The van der Waals surface area contributed by atoms with Crippen LogP contribution in [0, 0.1) is 5.41 Å². The molecule has 0 aromatic heterocycles. The van der Waals surface area contributed by atoms with Crippen LogP contribution in [-0.2, 0) is 9.53 Å². The van der Waals surface area contributed by atoms with E-state index in [4.69, 9.17) is 9.84 Å². The Kier molecular flexibility index (Phi) is 8.14. The van der Waals surface area contributed by atoms with E-state index in [9.17, 15) is 9.59 Å². The van der Waals surface area contributed by atoms with E-state index in [0.717, 1.165) is 13.0 Å². The van der Waals surface area contributed by atoms with Crippen molar-refractivity contribution in [3.63, 3.8) is 0 Å². The summed E-state index contributed by atoms with van der Waals surface area (Å²) in [6.45, 7) is 9.11. The molecule has 0 aliphatic heterocycles. The molecule has 6 heteroatoms. The average Bonchev–Trinajstić information content (AvgIpc) is 2.28. The quantitative estimate of drug-likeness (QED) is 0.587. The van der Waals surface area contributed by atoms with Gasteiger partial charge in [-0.2, -0.15) is 0 Å². The van der Waals surface area contributed by atoms with Gasteiger partial charge in [-0.05, 0) is 18.3 Å². The van der Waals surface area contributed by atoms with Gasteiger partial charge in [-0.15, -0.1) is 0 Å². The van der Waals surface area contributed by atoms with Gasteiger partial charge in [-0.25, -0.2) is 9.59 Å². The third-order valence-corrected chi connectivity index (χ3v) is 2.49. The van der Waals surface area contributed by atoms with Crippen molar-refractivity contribution in [3.8, 4) is 0 Å². The van der Waals surface area contributed by atoms with Crippen LogP contribution < -0.4 is 10.6 Å². The fraction of sp³-hybridized carbons (Fsp3) is 0.846. The largest absolute Gasteiger partial charge is 0.480 e. The van der Waals surface area contributed by atoms with Crippen LogP contribution >= 0.6 is 0 Å². The molecule has 0 radical (unpaired) electrons. The summed E-state index contributed by atoms with van der Waals surface area (Å²) in [5.74, 6) is -1.03. The van der Waals surface area contributed by atoms with E-state index in [1.54, 1.807) is 20.8 Å². The van der Waals surface area contributed by atoms with Crippen LogP contribution in [0.15, 0.2) is 0 Å². The Hall–Kier alpha value is -1.30. The molecule has 0 saturated heterocycles. The van der Waals surface area contributed by atoms with E-state index >= 15 is 0 Å². The number of aliphatic carboxylic acids is 1. The predicted octanol–water partition coefficient (Wildman–Crippen LogP) is 1.60. The second-order valence-electron chi connectivity index (χ2n) is 5.50. The molecule has 112 valence electrons. The fourth-order valence-electron chi connectivity index (χ4n) is 1.45. The maximum absolute atomic E-state index is 11.6. The van der Waals surface area contributed by atoms with Crippen molar-refractivity contribution in [2.24, 2.45) is 5.41 Å². The van der Waals surface area contributed by atoms with Gasteiger partial charge < -0.3 is 20.5 Å². The molecule has 2 amide bonds. The van der Waals surface area contributed by atoms with Crippen molar-refractivity contribution in [3.05, 3.63) is 0 Å². The van der Waals surface area contributed by atoms with Gasteiger partial charge in [-0.3, -0.25) is 0 Å². The molecule has 0 aromatic carbocycles. The van der Waals surface area contributed by atoms with Gasteiger partial charge in [0.2, 0.25) is 0 Å². The monoisotopic (exact) mass is 274 g/mol. The zero-order chi connectivity index (χ0) is 14.9. The van der Waals surface area contributed by atoms with Crippen molar-refractivity contribution >= 4 is 12.0 Å². The molecule has 0 rings (SSSR count). The highest BCUT2D eigenvalue weighted by Crippen LogP contribution is 2.19. The minimum Gasteiger partial charge on any atom is -0.480 e. The van der Waals surface area contributed by atoms with Crippen LogP contribution in [0.3, 0.4) is 0 Å². The number of carboxylic acids is 1. The minimum atomic E-state index is -1.03. The molecule has 0 bridgehead atoms. The first-order valence-corrected chi connectivity index (χ1v) is 6.64. The lowest BCUT2D eigenvalue weighted by atomic mass is 9.87. The molecule has 6 nitrogen and oxygen atoms in total. The lowest BCUT2D eigenvalue weighted by Crippen LogP contribution is -2.52. The summed E-state index contributed by atoms with van der Waals surface area (Å²) < 4.78 is 5.27. The lowest BCUT2D eigenvalue weighted by molar-refractivity contribution is -0.141. The third-order valence-electron chi connectivity index (χ3n) is 2.49. The molecule has 0 fully saturated rings. The van der Waals surface area contributed by atoms with E-state index in [1.165, 1.54) is 0 Å². The Balaban J connectivity index is 3.92. The maximum Gasteiger partial charge on any atom is 0.326 e. The van der Waals surface area contributed by atoms with Gasteiger partial charge in [0.25, 0.3) is 0 Å². The molecule has 1 atom stereocenters. The number of ether oxygens (including phenoxy) is 1. The maximum atomic E-state index is 11.6. The number of carboxylic acid groups (broad SMARTS) is 1. The normalized spacial score (nSPS) is 12.8. The van der Waals surface area contributed by atoms with Crippen LogP contribution in [0.5, 0.6) is 0 Å². The SMILES string of the molecule is CCCOCCCNC(=O)N[C@@H](C(=O)O)C(C)(C)C. The smallest absolute Gasteiger partial charge is 0.326 e. The Bertz CT molecular complexity index is 287. The van der Waals surface area contributed by atoms with Crippen molar-refractivity contribution in [2.45, 2.75) is 46.6 Å². The number of hydrogen-bond acceptors (Lipinski definition) is 3. The summed E-state index contributed by atoms with van der Waals surface area (Å²) >= 11 is 0. The van der Waals surface area contributed by atoms with Gasteiger partial charge >= 0.3 is 12.0 Å². The second-order valence-corrected chi connectivity index (χ2v) is 5.50. The Morgan fingerprint density at radius 3 is 2.37 bits per heavy atom. The molecular formula is C13H26N2O4. The van der Waals surface area contributed by atoms with E-state index in [1.807, 2.05) is 6.92 Å². The van der Waals surface area contributed by atoms with Crippen LogP contribution in [-0.4, -0.2) is 42.9 Å². The molecule has 0 aliphatic carbocycles. The van der Waals surface area contributed by atoms with E-state index < -0.39 is 23.5 Å². The number of rotatable bonds is 8. The summed E-state index contributed by atoms with van der Waals surface area (Å²) in [6, 6.07) is -1.37. The molecule has 0 saturated carbocycles. The molecular weight excluding hydrogens is 248 g/mol. The first kappa shape index (κ1) is 17.7. The molecule has 0 unspecified atom stereocenters. The Labute approximate surface area is 114 Å². The van der Waals surface area contributed by atoms with E-state index in [-0.39, 0.29) is 0 Å². The van der Waals surface area contributed by atoms with Crippen LogP contribution in [0.4, 0.5) is 4.79 Å². The van der Waals surface area contributed by atoms with Crippen molar-refractivity contribution in [1.82, 2.24) is 10.6 Å². The number of urea groups is 1. The molecule has 0 heterocycles. The van der Waals surface area contributed by atoms with Crippen LogP contribution in [0.25, 0.3) is 0 Å². The van der Waals surface area contributed by atoms with Crippen LogP contribution in [0.1, 0.15) is 40.5 Å². The first-order chi connectivity index (χ1) is 8.79. The summed E-state index contributed by atoms with van der Waals surface area (Å²) in [6.07, 6.45) is 1.68. The highest BCUT2D eigenvalue weighted by Gasteiger charge is 2.32. The fourth-order valence-corrected chi connectivity index (χ4v) is 1.45. The van der Waals surface area contributed by atoms with Gasteiger partial charge in [0.05, 0.1) is 0 Å². The zero-order valence-electron chi connectivity index (χ0n) is 12.3. The first-order valence-electron chi connectivity index (χ1n) is 6.64. The van der Waals surface area contributed by atoms with Crippen molar-refractivity contribution in [1.29, 1.82) is 0 Å². The summed E-state index contributed by atoms with van der Waals surface area (Å²) in [4.78, 5) is 22.6. The van der Waals surface area contributed by atoms with Gasteiger partial charge in [-0.1, -0.05) is 27.7 Å². The second kappa shape index (κ2) is 8.74. The molecule has 19 heavy (non-hydrogen) atoms. The van der Waals surface area contributed by atoms with Crippen molar-refractivity contribution in [2.75, 3.05) is 19.8 Å². The number of nitrogens with one attached hydrogen (secondary N) is 2. The Morgan fingerprint density at radius 2 is 1.89 bits per heavy atom. The molecule has 0 aromatic rings. The minimum absolute atomic E-state index is 0.460. The van der Waals surface area contributed by atoms with Gasteiger partial charge in [0.15, 0.2) is 0 Å². The highest BCUT2D eigenvalue weighted by atomic mass is 16.5. The highest BCUT2D eigenvalue weighted by molar-refractivity contribution is 5.83. The van der Waals surface area contributed by atoms with Gasteiger partial charge in [0, 0.05) is 19.8 Å². The molecule has 3 N–H and O–H groups in total. The number of amides is 2. The standard InChI is InChI=1S/C13H26N2O4/c1-5-8-19-9-6-7-14-12(18)15-10(11(16)17)13(2,3)4/h10H,5-9H2,1-4H3,(H,16,17)(H2,14,15,18)/t10-/m0/s1. The van der Waals surface area contributed by atoms with Crippen LogP contribution in [0.2, 0.25) is 0 Å². The number of carbonyl (C=O) groups excluding carboxylic acids is 1. The molecule has 0 aliphatic rings. The lowest BCUT2D eigenvalue weighted by Gasteiger charge is -2.27. The average molecular weight is 274 g/mol. The van der Waals surface area contributed by atoms with Crippen molar-refractivity contribution < 1.29 is 19.4 Å². The third kappa shape index (κ3) is 8.42. The summed E-state index contributed by atoms with van der Waals surface area (Å²) in [5.41, 5.74) is -0.534. The number of carbonyl (C=O) groups is 2. The van der Waals surface area contributed by atoms with E-state index in [0.29, 0.717) is 19.6 Å². The summed E-state index contributed by atoms with van der Waals surface area (Å²) in [7, 11) is 0. The Morgan fingerprint density at radius 1 is 1.26 bits per heavy atom. The predicted molar refractivity (Wildman–Crippen MR) is 73.1 cm³/mol. The van der Waals surface area contributed by atoms with E-state index in [2.05, 4.69) is 10.6 Å². The van der Waals surface area contributed by atoms with Gasteiger partial charge in [0.1, 0.15) is 6.04 Å².